The van der Waals surface area contributed by atoms with Crippen molar-refractivity contribution < 1.29 is 0 Å². The van der Waals surface area contributed by atoms with E-state index in [1.165, 1.54) is 10.9 Å². The SMILES string of the molecule is Br.CN=C(NC)NCc1cc2ccccc2[nH]1. The predicted molar refractivity (Wildman–Crippen MR) is 77.9 cm³/mol. The largest absolute Gasteiger partial charge is 0.359 e. The van der Waals surface area contributed by atoms with Gasteiger partial charge in [-0.1, -0.05) is 18.2 Å². The molecule has 0 unspecified atom stereocenters. The molecule has 0 aliphatic carbocycles. The molecule has 0 saturated carbocycles. The van der Waals surface area contributed by atoms with Crippen molar-refractivity contribution in [2.75, 3.05) is 14.1 Å². The van der Waals surface area contributed by atoms with E-state index in [-0.39, 0.29) is 17.0 Å². The topological polar surface area (TPSA) is 52.2 Å². The summed E-state index contributed by atoms with van der Waals surface area (Å²) in [4.78, 5) is 7.41. The Morgan fingerprint density at radius 1 is 1.35 bits per heavy atom. The van der Waals surface area contributed by atoms with Crippen molar-refractivity contribution in [3.05, 3.63) is 36.0 Å². The van der Waals surface area contributed by atoms with Crippen molar-refractivity contribution in [3.63, 3.8) is 0 Å². The molecule has 5 heteroatoms. The van der Waals surface area contributed by atoms with E-state index < -0.39 is 0 Å². The molecule has 92 valence electrons. The fraction of sp³-hybridized carbons (Fsp3) is 0.250. The van der Waals surface area contributed by atoms with Crippen molar-refractivity contribution in [3.8, 4) is 0 Å². The molecular weight excluding hydrogens is 280 g/mol. The molecule has 1 aromatic heterocycles. The summed E-state index contributed by atoms with van der Waals surface area (Å²) >= 11 is 0. The lowest BCUT2D eigenvalue weighted by Gasteiger charge is -2.06. The van der Waals surface area contributed by atoms with Gasteiger partial charge < -0.3 is 15.6 Å². The fourth-order valence-corrected chi connectivity index (χ4v) is 1.69. The first-order valence-corrected chi connectivity index (χ1v) is 5.28. The van der Waals surface area contributed by atoms with Crippen molar-refractivity contribution in [1.29, 1.82) is 0 Å². The van der Waals surface area contributed by atoms with Crippen LogP contribution in [0.25, 0.3) is 10.9 Å². The Hall–Kier alpha value is -1.49. The molecule has 0 aliphatic rings. The van der Waals surface area contributed by atoms with E-state index in [2.05, 4.69) is 38.8 Å². The number of rotatable bonds is 2. The second kappa shape index (κ2) is 6.30. The Morgan fingerprint density at radius 3 is 2.76 bits per heavy atom. The molecule has 0 spiro atoms. The smallest absolute Gasteiger partial charge is 0.191 e. The third-order valence-corrected chi connectivity index (χ3v) is 2.49. The third-order valence-electron chi connectivity index (χ3n) is 2.49. The van der Waals surface area contributed by atoms with Gasteiger partial charge in [0.05, 0.1) is 6.54 Å². The zero-order valence-corrected chi connectivity index (χ0v) is 11.7. The first-order chi connectivity index (χ1) is 7.83. The number of H-pyrrole nitrogens is 1. The zero-order chi connectivity index (χ0) is 11.4. The standard InChI is InChI=1S/C12H16N4.BrH/c1-13-12(14-2)15-8-10-7-9-5-3-4-6-11(9)16-10;/h3-7,16H,8H2,1-2H3,(H2,13,14,15);1H. The van der Waals surface area contributed by atoms with Crippen LogP contribution >= 0.6 is 17.0 Å². The van der Waals surface area contributed by atoms with Gasteiger partial charge in [0.25, 0.3) is 0 Å². The van der Waals surface area contributed by atoms with Crippen LogP contribution in [0.1, 0.15) is 5.69 Å². The van der Waals surface area contributed by atoms with Gasteiger partial charge in [-0.15, -0.1) is 17.0 Å². The number of hydrogen-bond donors (Lipinski definition) is 3. The van der Waals surface area contributed by atoms with Crippen LogP contribution in [-0.4, -0.2) is 25.0 Å². The number of benzene rings is 1. The molecule has 0 aliphatic heterocycles. The van der Waals surface area contributed by atoms with E-state index in [9.17, 15) is 0 Å². The van der Waals surface area contributed by atoms with Gasteiger partial charge >= 0.3 is 0 Å². The van der Waals surface area contributed by atoms with E-state index in [4.69, 9.17) is 0 Å². The summed E-state index contributed by atoms with van der Waals surface area (Å²) in [5.74, 6) is 0.790. The summed E-state index contributed by atoms with van der Waals surface area (Å²) in [7, 11) is 3.60. The minimum absolute atomic E-state index is 0. The minimum atomic E-state index is 0. The van der Waals surface area contributed by atoms with Gasteiger partial charge in [-0.25, -0.2) is 0 Å². The van der Waals surface area contributed by atoms with Gasteiger partial charge in [0.1, 0.15) is 0 Å². The number of aliphatic imine (C=N–C) groups is 1. The van der Waals surface area contributed by atoms with E-state index in [1.54, 1.807) is 7.05 Å². The average molecular weight is 297 g/mol. The number of aromatic amines is 1. The molecule has 0 bridgehead atoms. The summed E-state index contributed by atoms with van der Waals surface area (Å²) < 4.78 is 0. The Balaban J connectivity index is 0.00000144. The Labute approximate surface area is 111 Å². The lowest BCUT2D eigenvalue weighted by molar-refractivity contribution is 0.847. The quantitative estimate of drug-likeness (QED) is 0.587. The highest BCUT2D eigenvalue weighted by atomic mass is 79.9. The second-order valence-electron chi connectivity index (χ2n) is 3.56. The first kappa shape index (κ1) is 13.6. The maximum absolute atomic E-state index is 4.06. The maximum Gasteiger partial charge on any atom is 0.191 e. The number of nitrogens with one attached hydrogen (secondary N) is 3. The molecule has 0 amide bonds. The van der Waals surface area contributed by atoms with Gasteiger partial charge in [0.15, 0.2) is 5.96 Å². The Bertz CT molecular complexity index is 471. The number of halogens is 1. The van der Waals surface area contributed by atoms with Crippen LogP contribution in [-0.2, 0) is 6.54 Å². The zero-order valence-electron chi connectivity index (χ0n) is 9.95. The maximum atomic E-state index is 4.06. The molecule has 0 radical (unpaired) electrons. The van der Waals surface area contributed by atoms with Gasteiger partial charge in [0, 0.05) is 25.3 Å². The molecule has 4 nitrogen and oxygen atoms in total. The summed E-state index contributed by atoms with van der Waals surface area (Å²) in [6, 6.07) is 10.4. The van der Waals surface area contributed by atoms with Crippen molar-refractivity contribution in [2.45, 2.75) is 6.54 Å². The lowest BCUT2D eigenvalue weighted by Crippen LogP contribution is -2.34. The molecule has 2 aromatic rings. The molecule has 3 N–H and O–H groups in total. The molecule has 0 fully saturated rings. The van der Waals surface area contributed by atoms with Gasteiger partial charge in [-0.2, -0.15) is 0 Å². The van der Waals surface area contributed by atoms with E-state index >= 15 is 0 Å². The second-order valence-corrected chi connectivity index (χ2v) is 3.56. The van der Waals surface area contributed by atoms with Crippen LogP contribution in [0.5, 0.6) is 0 Å². The summed E-state index contributed by atoms with van der Waals surface area (Å²) in [6.45, 7) is 0.738. The lowest BCUT2D eigenvalue weighted by atomic mass is 10.2. The van der Waals surface area contributed by atoms with Crippen LogP contribution in [0.2, 0.25) is 0 Å². The first-order valence-electron chi connectivity index (χ1n) is 5.28. The number of nitrogens with zero attached hydrogens (tertiary/aromatic N) is 1. The number of para-hydroxylation sites is 1. The van der Waals surface area contributed by atoms with Crippen LogP contribution in [0, 0.1) is 0 Å². The average Bonchev–Trinajstić information content (AvgIpc) is 2.73. The molecule has 1 heterocycles. The Kier molecular flexibility index (Phi) is 5.03. The van der Waals surface area contributed by atoms with Crippen molar-refractivity contribution in [2.24, 2.45) is 4.99 Å². The van der Waals surface area contributed by atoms with E-state index in [1.807, 2.05) is 19.2 Å². The van der Waals surface area contributed by atoms with E-state index in [0.29, 0.717) is 0 Å². The van der Waals surface area contributed by atoms with E-state index in [0.717, 1.165) is 18.2 Å². The normalized spacial score (nSPS) is 11.1. The highest BCUT2D eigenvalue weighted by Gasteiger charge is 2.00. The van der Waals surface area contributed by atoms with Crippen LogP contribution < -0.4 is 10.6 Å². The number of fused-ring (bicyclic) bond motifs is 1. The highest BCUT2D eigenvalue weighted by molar-refractivity contribution is 8.93. The summed E-state index contributed by atoms with van der Waals surface area (Å²) in [5, 5.41) is 7.42. The summed E-state index contributed by atoms with van der Waals surface area (Å²) in [5.41, 5.74) is 2.32. The summed E-state index contributed by atoms with van der Waals surface area (Å²) in [6.07, 6.45) is 0. The molecule has 0 atom stereocenters. The van der Waals surface area contributed by atoms with Crippen molar-refractivity contribution >= 4 is 33.8 Å². The monoisotopic (exact) mass is 296 g/mol. The minimum Gasteiger partial charge on any atom is -0.359 e. The molecule has 1 aromatic carbocycles. The predicted octanol–water partition coefficient (Wildman–Crippen LogP) is 2.04. The van der Waals surface area contributed by atoms with Gasteiger partial charge in [-0.3, -0.25) is 4.99 Å². The number of aromatic nitrogens is 1. The fourth-order valence-electron chi connectivity index (χ4n) is 1.69. The third kappa shape index (κ3) is 3.23. The van der Waals surface area contributed by atoms with Gasteiger partial charge in [0.2, 0.25) is 0 Å². The molecule has 0 saturated heterocycles. The van der Waals surface area contributed by atoms with Gasteiger partial charge in [-0.05, 0) is 17.5 Å². The van der Waals surface area contributed by atoms with Crippen molar-refractivity contribution in [1.82, 2.24) is 15.6 Å². The number of hydrogen-bond acceptors (Lipinski definition) is 1. The number of guanidine groups is 1. The highest BCUT2D eigenvalue weighted by Crippen LogP contribution is 2.14. The van der Waals surface area contributed by atoms with Crippen LogP contribution in [0.4, 0.5) is 0 Å². The molecular formula is C12H17BrN4. The Morgan fingerprint density at radius 2 is 2.12 bits per heavy atom. The van der Waals surface area contributed by atoms with Crippen LogP contribution in [0.3, 0.4) is 0 Å². The molecule has 2 rings (SSSR count). The van der Waals surface area contributed by atoms with Crippen LogP contribution in [0.15, 0.2) is 35.3 Å². The molecule has 17 heavy (non-hydrogen) atoms.